The molecule has 0 saturated carbocycles. The molecule has 0 N–H and O–H groups in total. The van der Waals surface area contributed by atoms with Gasteiger partial charge in [-0.25, -0.2) is 0 Å². The highest BCUT2D eigenvalue weighted by Crippen LogP contribution is 2.30. The van der Waals surface area contributed by atoms with E-state index < -0.39 is 0 Å². The Kier molecular flexibility index (Phi) is 2.00. The van der Waals surface area contributed by atoms with Crippen LogP contribution < -0.4 is 4.74 Å². The van der Waals surface area contributed by atoms with Crippen LogP contribution in [0.15, 0.2) is 28.9 Å². The minimum Gasteiger partial charge on any atom is -0.496 e. The zero-order valence-corrected chi connectivity index (χ0v) is 8.03. The van der Waals surface area contributed by atoms with Crippen molar-refractivity contribution in [1.82, 2.24) is 0 Å². The SMILES string of the molecule is COc1cccc2coc(C(C)=O)c12. The van der Waals surface area contributed by atoms with Crippen molar-refractivity contribution in [3.63, 3.8) is 0 Å². The van der Waals surface area contributed by atoms with Crippen LogP contribution in [0.1, 0.15) is 17.5 Å². The third kappa shape index (κ3) is 1.18. The molecular weight excluding hydrogens is 180 g/mol. The smallest absolute Gasteiger partial charge is 0.195 e. The molecule has 0 radical (unpaired) electrons. The number of ether oxygens (including phenoxy) is 1. The Morgan fingerprint density at radius 3 is 2.86 bits per heavy atom. The predicted molar refractivity (Wildman–Crippen MR) is 52.8 cm³/mol. The average molecular weight is 190 g/mol. The minimum absolute atomic E-state index is 0.0931. The first-order valence-corrected chi connectivity index (χ1v) is 4.29. The molecule has 0 amide bonds. The molecule has 2 rings (SSSR count). The van der Waals surface area contributed by atoms with Crippen molar-refractivity contribution in [2.75, 3.05) is 7.11 Å². The summed E-state index contributed by atoms with van der Waals surface area (Å²) in [4.78, 5) is 11.2. The van der Waals surface area contributed by atoms with E-state index in [1.807, 2.05) is 18.2 Å². The van der Waals surface area contributed by atoms with E-state index >= 15 is 0 Å². The van der Waals surface area contributed by atoms with Crippen LogP contribution in [0.4, 0.5) is 0 Å². The molecule has 3 heteroatoms. The van der Waals surface area contributed by atoms with Gasteiger partial charge in [0, 0.05) is 12.3 Å². The zero-order chi connectivity index (χ0) is 10.1. The minimum atomic E-state index is -0.0931. The van der Waals surface area contributed by atoms with Crippen LogP contribution in [-0.2, 0) is 0 Å². The van der Waals surface area contributed by atoms with Gasteiger partial charge in [0.2, 0.25) is 0 Å². The van der Waals surface area contributed by atoms with Gasteiger partial charge in [0.05, 0.1) is 18.8 Å². The molecule has 0 atom stereocenters. The molecule has 0 aliphatic rings. The van der Waals surface area contributed by atoms with E-state index in [9.17, 15) is 4.79 Å². The second-order valence-corrected chi connectivity index (χ2v) is 3.05. The van der Waals surface area contributed by atoms with Gasteiger partial charge in [0.1, 0.15) is 5.75 Å². The molecule has 0 spiro atoms. The molecule has 1 aromatic carbocycles. The van der Waals surface area contributed by atoms with Gasteiger partial charge in [0.15, 0.2) is 11.5 Å². The average Bonchev–Trinajstić information content (AvgIpc) is 2.60. The lowest BCUT2D eigenvalue weighted by atomic mass is 10.1. The van der Waals surface area contributed by atoms with Crippen molar-refractivity contribution < 1.29 is 13.9 Å². The Labute approximate surface area is 81.3 Å². The zero-order valence-electron chi connectivity index (χ0n) is 8.03. The summed E-state index contributed by atoms with van der Waals surface area (Å²) in [6, 6.07) is 5.55. The first-order valence-electron chi connectivity index (χ1n) is 4.29. The molecule has 2 aromatic rings. The maximum atomic E-state index is 11.2. The van der Waals surface area contributed by atoms with Crippen LogP contribution in [0.5, 0.6) is 5.75 Å². The number of methoxy groups -OCH3 is 1. The number of furan rings is 1. The molecule has 0 aliphatic heterocycles. The van der Waals surface area contributed by atoms with Crippen molar-refractivity contribution in [3.8, 4) is 5.75 Å². The van der Waals surface area contributed by atoms with Gasteiger partial charge in [-0.15, -0.1) is 0 Å². The van der Waals surface area contributed by atoms with Crippen LogP contribution in [0.25, 0.3) is 10.8 Å². The lowest BCUT2D eigenvalue weighted by molar-refractivity contribution is 0.0989. The van der Waals surface area contributed by atoms with Gasteiger partial charge in [-0.1, -0.05) is 12.1 Å². The second kappa shape index (κ2) is 3.18. The summed E-state index contributed by atoms with van der Waals surface area (Å²) < 4.78 is 10.4. The lowest BCUT2D eigenvalue weighted by Crippen LogP contribution is -1.91. The highest BCUT2D eigenvalue weighted by molar-refractivity contribution is 6.07. The molecule has 0 fully saturated rings. The highest BCUT2D eigenvalue weighted by atomic mass is 16.5. The third-order valence-corrected chi connectivity index (χ3v) is 2.13. The van der Waals surface area contributed by atoms with E-state index in [0.717, 1.165) is 10.8 Å². The van der Waals surface area contributed by atoms with E-state index in [-0.39, 0.29) is 5.78 Å². The summed E-state index contributed by atoms with van der Waals surface area (Å²) >= 11 is 0. The molecule has 0 bridgehead atoms. The number of carbonyl (C=O) groups excluding carboxylic acids is 1. The first-order chi connectivity index (χ1) is 6.74. The molecule has 0 aliphatic carbocycles. The largest absolute Gasteiger partial charge is 0.496 e. The van der Waals surface area contributed by atoms with E-state index in [2.05, 4.69) is 0 Å². The maximum Gasteiger partial charge on any atom is 0.195 e. The van der Waals surface area contributed by atoms with Crippen LogP contribution in [0.3, 0.4) is 0 Å². The summed E-state index contributed by atoms with van der Waals surface area (Å²) in [5, 5.41) is 1.64. The summed E-state index contributed by atoms with van der Waals surface area (Å²) in [5.41, 5.74) is 0. The number of benzene rings is 1. The summed E-state index contributed by atoms with van der Waals surface area (Å²) in [7, 11) is 1.58. The van der Waals surface area contributed by atoms with Crippen molar-refractivity contribution >= 4 is 16.6 Å². The summed E-state index contributed by atoms with van der Waals surface area (Å²) in [6.07, 6.45) is 1.56. The molecule has 0 unspecified atom stereocenters. The van der Waals surface area contributed by atoms with Crippen LogP contribution in [-0.4, -0.2) is 12.9 Å². The summed E-state index contributed by atoms with van der Waals surface area (Å²) in [6.45, 7) is 1.48. The number of Topliss-reactive ketones (excluding diaryl/α,β-unsaturated/α-hetero) is 1. The van der Waals surface area contributed by atoms with Gasteiger partial charge in [-0.05, 0) is 6.07 Å². The molecule has 1 aromatic heterocycles. The van der Waals surface area contributed by atoms with Crippen molar-refractivity contribution in [2.24, 2.45) is 0 Å². The Morgan fingerprint density at radius 1 is 1.43 bits per heavy atom. The maximum absolute atomic E-state index is 11.2. The highest BCUT2D eigenvalue weighted by Gasteiger charge is 2.14. The van der Waals surface area contributed by atoms with Gasteiger partial charge < -0.3 is 9.15 Å². The van der Waals surface area contributed by atoms with Gasteiger partial charge in [0.25, 0.3) is 0 Å². The Hall–Kier alpha value is -1.77. The topological polar surface area (TPSA) is 39.4 Å². The third-order valence-electron chi connectivity index (χ3n) is 2.13. The molecule has 1 heterocycles. The normalized spacial score (nSPS) is 10.4. The van der Waals surface area contributed by atoms with E-state index in [4.69, 9.17) is 9.15 Å². The number of ketones is 1. The molecule has 3 nitrogen and oxygen atoms in total. The van der Waals surface area contributed by atoms with Crippen LogP contribution in [0, 0.1) is 0 Å². The predicted octanol–water partition coefficient (Wildman–Crippen LogP) is 2.64. The van der Waals surface area contributed by atoms with Crippen LogP contribution in [0.2, 0.25) is 0 Å². The quantitative estimate of drug-likeness (QED) is 0.683. The number of carbonyl (C=O) groups is 1. The summed E-state index contributed by atoms with van der Waals surface area (Å²) in [5.74, 6) is 0.934. The first kappa shape index (κ1) is 8.81. The Bertz CT molecular complexity index is 482. The Morgan fingerprint density at radius 2 is 2.21 bits per heavy atom. The fourth-order valence-corrected chi connectivity index (χ4v) is 1.50. The lowest BCUT2D eigenvalue weighted by Gasteiger charge is -2.01. The van der Waals surface area contributed by atoms with Gasteiger partial charge in [-0.3, -0.25) is 4.79 Å². The van der Waals surface area contributed by atoms with Crippen molar-refractivity contribution in [2.45, 2.75) is 6.92 Å². The molecule has 14 heavy (non-hydrogen) atoms. The van der Waals surface area contributed by atoms with Crippen LogP contribution >= 0.6 is 0 Å². The number of hydrogen-bond donors (Lipinski definition) is 0. The second-order valence-electron chi connectivity index (χ2n) is 3.05. The number of hydrogen-bond acceptors (Lipinski definition) is 3. The molecule has 0 saturated heterocycles. The van der Waals surface area contributed by atoms with E-state index in [1.54, 1.807) is 13.4 Å². The molecule has 72 valence electrons. The molecular formula is C11H10O3. The fourth-order valence-electron chi connectivity index (χ4n) is 1.50. The standard InChI is InChI=1S/C11H10O3/c1-7(12)11-10-8(6-14-11)4-3-5-9(10)13-2/h3-6H,1-2H3. The number of fused-ring (bicyclic) bond motifs is 1. The van der Waals surface area contributed by atoms with Crippen molar-refractivity contribution in [1.29, 1.82) is 0 Å². The monoisotopic (exact) mass is 190 g/mol. The number of rotatable bonds is 2. The van der Waals surface area contributed by atoms with E-state index in [0.29, 0.717) is 11.5 Å². The van der Waals surface area contributed by atoms with Gasteiger partial charge >= 0.3 is 0 Å². The van der Waals surface area contributed by atoms with Crippen molar-refractivity contribution in [3.05, 3.63) is 30.2 Å². The van der Waals surface area contributed by atoms with Gasteiger partial charge in [-0.2, -0.15) is 0 Å². The van der Waals surface area contributed by atoms with E-state index in [1.165, 1.54) is 6.92 Å². The fraction of sp³-hybridized carbons (Fsp3) is 0.182. The Balaban J connectivity index is 2.81.